The van der Waals surface area contributed by atoms with Crippen LogP contribution in [0.25, 0.3) is 0 Å². The highest BCUT2D eigenvalue weighted by molar-refractivity contribution is 7.92. The van der Waals surface area contributed by atoms with E-state index in [0.29, 0.717) is 13.0 Å². The van der Waals surface area contributed by atoms with E-state index < -0.39 is 28.5 Å². The van der Waals surface area contributed by atoms with Gasteiger partial charge < -0.3 is 10.2 Å². The number of nitrogens with zero attached hydrogens (tertiary/aromatic N) is 2. The Hall–Kier alpha value is -2.00. The van der Waals surface area contributed by atoms with Crippen LogP contribution in [0.15, 0.2) is 36.4 Å². The Morgan fingerprint density at radius 3 is 2.24 bits per heavy atom. The highest BCUT2D eigenvalue weighted by Gasteiger charge is 2.32. The number of nitrogens with one attached hydrogen (secondary N) is 1. The summed E-state index contributed by atoms with van der Waals surface area (Å²) in [5.41, 5.74) is 1.83. The van der Waals surface area contributed by atoms with Crippen molar-refractivity contribution in [3.8, 4) is 0 Å². The molecule has 186 valence electrons. The fourth-order valence-corrected chi connectivity index (χ4v) is 5.06. The molecule has 0 bridgehead atoms. The molecule has 0 fully saturated rings. The lowest BCUT2D eigenvalue weighted by Gasteiger charge is -2.33. The third kappa shape index (κ3) is 7.25. The second-order valence-corrected chi connectivity index (χ2v) is 10.9. The number of halogens is 3. The number of rotatable bonds is 10. The number of anilines is 1. The van der Waals surface area contributed by atoms with Crippen molar-refractivity contribution < 1.29 is 18.0 Å². The number of hydrogen-bond acceptors (Lipinski definition) is 4. The summed E-state index contributed by atoms with van der Waals surface area (Å²) in [6.45, 7) is 5.46. The van der Waals surface area contributed by atoms with Crippen LogP contribution in [-0.4, -0.2) is 50.5 Å². The maximum Gasteiger partial charge on any atom is 0.244 e. The Morgan fingerprint density at radius 2 is 1.68 bits per heavy atom. The monoisotopic (exact) mass is 547 g/mol. The lowest BCUT2D eigenvalue weighted by molar-refractivity contribution is -0.140. The summed E-state index contributed by atoms with van der Waals surface area (Å²) in [6, 6.07) is 9.37. The predicted molar refractivity (Wildman–Crippen MR) is 138 cm³/mol. The first-order valence-corrected chi connectivity index (χ1v) is 13.6. The van der Waals surface area contributed by atoms with Crippen molar-refractivity contribution in [1.82, 2.24) is 10.2 Å². The van der Waals surface area contributed by atoms with Crippen LogP contribution in [0.1, 0.15) is 31.4 Å². The van der Waals surface area contributed by atoms with Crippen LogP contribution < -0.4 is 9.62 Å². The average molecular weight is 549 g/mol. The van der Waals surface area contributed by atoms with Gasteiger partial charge in [-0.05, 0) is 38.0 Å². The van der Waals surface area contributed by atoms with Crippen LogP contribution in [0.4, 0.5) is 5.69 Å². The van der Waals surface area contributed by atoms with Crippen LogP contribution in [0.5, 0.6) is 0 Å². The molecule has 7 nitrogen and oxygen atoms in total. The highest BCUT2D eigenvalue weighted by Crippen LogP contribution is 2.35. The number of benzene rings is 2. The lowest BCUT2D eigenvalue weighted by atomic mass is 10.1. The Labute approximate surface area is 216 Å². The summed E-state index contributed by atoms with van der Waals surface area (Å²) in [7, 11) is -3.94. The zero-order chi connectivity index (χ0) is 25.6. The number of hydrogen-bond donors (Lipinski definition) is 1. The van der Waals surface area contributed by atoms with Gasteiger partial charge in [-0.15, -0.1) is 0 Å². The molecule has 2 amide bonds. The first kappa shape index (κ1) is 28.2. The molecule has 0 saturated carbocycles. The molecule has 2 rings (SSSR count). The SMILES string of the molecule is CCNC(=O)C(CC)N(Cc1cccc(C)c1)C(=O)CN(c1cc(Cl)c(Cl)cc1Cl)S(C)(=O)=O. The standard InChI is InChI=1S/C23H28Cl3N3O4S/c1-5-20(23(31)27-6-2)28(13-16-9-7-8-15(3)10-16)22(30)14-29(34(4,32)33)21-12-18(25)17(24)11-19(21)26/h7-12,20H,5-6,13-14H2,1-4H3,(H,27,31). The number of sulfonamides is 1. The van der Waals surface area contributed by atoms with Gasteiger partial charge in [0.25, 0.3) is 0 Å². The summed E-state index contributed by atoms with van der Waals surface area (Å²) < 4.78 is 26.2. The molecule has 0 aromatic heterocycles. The number of aryl methyl sites for hydroxylation is 1. The molecule has 2 aromatic carbocycles. The Bertz CT molecular complexity index is 1160. The van der Waals surface area contributed by atoms with Gasteiger partial charge in [-0.25, -0.2) is 8.42 Å². The Balaban J connectivity index is 2.50. The van der Waals surface area contributed by atoms with Crippen LogP contribution >= 0.6 is 34.8 Å². The van der Waals surface area contributed by atoms with Gasteiger partial charge in [-0.3, -0.25) is 13.9 Å². The second-order valence-electron chi connectivity index (χ2n) is 7.82. The van der Waals surface area contributed by atoms with Crippen molar-refractivity contribution >= 4 is 62.3 Å². The molecule has 11 heteroatoms. The minimum absolute atomic E-state index is 0.0217. The summed E-state index contributed by atoms with van der Waals surface area (Å²) in [4.78, 5) is 27.7. The molecular formula is C23H28Cl3N3O4S. The van der Waals surface area contributed by atoms with Crippen molar-refractivity contribution in [2.75, 3.05) is 23.7 Å². The Morgan fingerprint density at radius 1 is 1.03 bits per heavy atom. The van der Waals surface area contributed by atoms with Crippen LogP contribution in [0.3, 0.4) is 0 Å². The predicted octanol–water partition coefficient (Wildman–Crippen LogP) is 4.66. The lowest BCUT2D eigenvalue weighted by Crippen LogP contribution is -2.52. The fraction of sp³-hybridized carbons (Fsp3) is 0.391. The molecule has 0 aliphatic rings. The molecule has 1 unspecified atom stereocenters. The van der Waals surface area contributed by atoms with E-state index >= 15 is 0 Å². The van der Waals surface area contributed by atoms with Gasteiger partial charge in [0.15, 0.2) is 0 Å². The first-order chi connectivity index (χ1) is 15.9. The van der Waals surface area contributed by atoms with E-state index in [4.69, 9.17) is 34.8 Å². The maximum absolute atomic E-state index is 13.6. The minimum atomic E-state index is -3.94. The summed E-state index contributed by atoms with van der Waals surface area (Å²) >= 11 is 18.3. The molecule has 1 N–H and O–H groups in total. The highest BCUT2D eigenvalue weighted by atomic mass is 35.5. The van der Waals surface area contributed by atoms with Crippen molar-refractivity contribution in [3.05, 3.63) is 62.6 Å². The molecule has 2 aromatic rings. The number of likely N-dealkylation sites (N-methyl/N-ethyl adjacent to an activating group) is 1. The number of carbonyl (C=O) groups excluding carboxylic acids is 2. The van der Waals surface area contributed by atoms with E-state index in [0.717, 1.165) is 21.7 Å². The Kier molecular flexibility index (Phi) is 10.1. The third-order valence-electron chi connectivity index (χ3n) is 5.11. The largest absolute Gasteiger partial charge is 0.355 e. The van der Waals surface area contributed by atoms with Crippen molar-refractivity contribution in [2.24, 2.45) is 0 Å². The summed E-state index contributed by atoms with van der Waals surface area (Å²) in [6.07, 6.45) is 1.31. The zero-order valence-electron chi connectivity index (χ0n) is 19.4. The van der Waals surface area contributed by atoms with Gasteiger partial charge in [0, 0.05) is 13.1 Å². The van der Waals surface area contributed by atoms with Gasteiger partial charge in [-0.2, -0.15) is 0 Å². The van der Waals surface area contributed by atoms with Crippen LogP contribution in [0, 0.1) is 6.92 Å². The van der Waals surface area contributed by atoms with Crippen molar-refractivity contribution in [3.63, 3.8) is 0 Å². The van der Waals surface area contributed by atoms with E-state index in [1.54, 1.807) is 13.8 Å². The van der Waals surface area contributed by atoms with Gasteiger partial charge >= 0.3 is 0 Å². The molecule has 1 atom stereocenters. The molecule has 0 radical (unpaired) electrons. The smallest absolute Gasteiger partial charge is 0.244 e. The maximum atomic E-state index is 13.6. The molecular weight excluding hydrogens is 521 g/mol. The van der Waals surface area contributed by atoms with E-state index in [1.807, 2.05) is 31.2 Å². The van der Waals surface area contributed by atoms with Crippen LogP contribution in [0.2, 0.25) is 15.1 Å². The molecule has 34 heavy (non-hydrogen) atoms. The summed E-state index contributed by atoms with van der Waals surface area (Å²) in [5, 5.41) is 3.01. The topological polar surface area (TPSA) is 86.8 Å². The van der Waals surface area contributed by atoms with Gasteiger partial charge in [0.1, 0.15) is 12.6 Å². The number of amides is 2. The zero-order valence-corrected chi connectivity index (χ0v) is 22.5. The molecule has 0 spiro atoms. The normalized spacial score (nSPS) is 12.2. The van der Waals surface area contributed by atoms with E-state index in [-0.39, 0.29) is 33.2 Å². The van der Waals surface area contributed by atoms with Gasteiger partial charge in [0.2, 0.25) is 21.8 Å². The van der Waals surface area contributed by atoms with E-state index in [2.05, 4.69) is 5.32 Å². The minimum Gasteiger partial charge on any atom is -0.355 e. The second kappa shape index (κ2) is 12.1. The molecule has 0 aliphatic heterocycles. The third-order valence-corrected chi connectivity index (χ3v) is 7.26. The van der Waals surface area contributed by atoms with E-state index in [1.165, 1.54) is 17.0 Å². The molecule has 0 heterocycles. The van der Waals surface area contributed by atoms with Crippen LogP contribution in [-0.2, 0) is 26.2 Å². The quantitative estimate of drug-likeness (QED) is 0.437. The average Bonchev–Trinajstić information content (AvgIpc) is 2.74. The number of carbonyl (C=O) groups is 2. The fourth-order valence-electron chi connectivity index (χ4n) is 3.52. The molecule has 0 saturated heterocycles. The van der Waals surface area contributed by atoms with Gasteiger partial charge in [0.05, 0.1) is 27.0 Å². The van der Waals surface area contributed by atoms with Crippen molar-refractivity contribution in [1.29, 1.82) is 0 Å². The van der Waals surface area contributed by atoms with Gasteiger partial charge in [-0.1, -0.05) is 71.6 Å². The summed E-state index contributed by atoms with van der Waals surface area (Å²) in [5.74, 6) is -0.878. The van der Waals surface area contributed by atoms with E-state index in [9.17, 15) is 18.0 Å². The van der Waals surface area contributed by atoms with Crippen molar-refractivity contribution in [2.45, 2.75) is 39.8 Å². The first-order valence-electron chi connectivity index (χ1n) is 10.6. The molecule has 0 aliphatic carbocycles.